The lowest BCUT2D eigenvalue weighted by Crippen LogP contribution is -2.12. The van der Waals surface area contributed by atoms with Gasteiger partial charge in [0.25, 0.3) is 5.91 Å². The Hall–Kier alpha value is -4.23. The number of nitrogens with one attached hydrogen (secondary N) is 3. The number of anilines is 1. The average molecular weight is 429 g/mol. The van der Waals surface area contributed by atoms with E-state index in [1.54, 1.807) is 36.4 Å². The summed E-state index contributed by atoms with van der Waals surface area (Å²) in [6.07, 6.45) is 0. The number of H-pyrrole nitrogens is 2. The molecule has 0 bridgehead atoms. The maximum absolute atomic E-state index is 12.6. The molecule has 31 heavy (non-hydrogen) atoms. The molecule has 0 aliphatic rings. The van der Waals surface area contributed by atoms with E-state index in [-0.39, 0.29) is 11.5 Å². The number of nitriles is 1. The van der Waals surface area contributed by atoms with Crippen molar-refractivity contribution in [3.8, 4) is 17.2 Å². The molecule has 9 nitrogen and oxygen atoms in total. The fraction of sp³-hybridized carbons (Fsp3) is 0.0476. The Kier molecular flexibility index (Phi) is 5.86. The van der Waals surface area contributed by atoms with Crippen molar-refractivity contribution in [2.45, 2.75) is 10.8 Å². The van der Waals surface area contributed by atoms with Crippen LogP contribution in [0.2, 0.25) is 0 Å². The predicted octanol–water partition coefficient (Wildman–Crippen LogP) is 2.97. The molecule has 0 saturated heterocycles. The zero-order chi connectivity index (χ0) is 21.6. The predicted molar refractivity (Wildman–Crippen MR) is 115 cm³/mol. The number of hydrogen-bond acceptors (Lipinski definition) is 7. The minimum atomic E-state index is -0.358. The monoisotopic (exact) mass is 429 g/mol. The van der Waals surface area contributed by atoms with Crippen LogP contribution in [0.25, 0.3) is 11.1 Å². The topological polar surface area (TPSA) is 140 Å². The summed E-state index contributed by atoms with van der Waals surface area (Å²) in [5.41, 5.74) is 2.05. The Morgan fingerprint density at radius 1 is 1.13 bits per heavy atom. The first-order chi connectivity index (χ1) is 15.1. The van der Waals surface area contributed by atoms with E-state index in [0.29, 0.717) is 44.5 Å². The maximum atomic E-state index is 12.6. The van der Waals surface area contributed by atoms with E-state index in [2.05, 4.69) is 37.0 Å². The largest absolute Gasteiger partial charge is 0.322 e. The highest BCUT2D eigenvalue weighted by Gasteiger charge is 2.15. The molecule has 4 rings (SSSR count). The molecule has 2 heterocycles. The number of thioether (sulfide) groups is 1. The van der Waals surface area contributed by atoms with Gasteiger partial charge >= 0.3 is 0 Å². The van der Waals surface area contributed by atoms with Gasteiger partial charge in [-0.15, -0.1) is 10.2 Å². The van der Waals surface area contributed by atoms with Crippen molar-refractivity contribution in [3.05, 3.63) is 88.0 Å². The summed E-state index contributed by atoms with van der Waals surface area (Å²) in [6, 6.07) is 19.4. The molecule has 0 saturated carbocycles. The molecule has 0 radical (unpaired) electrons. The molecule has 0 aliphatic heterocycles. The van der Waals surface area contributed by atoms with Gasteiger partial charge in [0.15, 0.2) is 5.82 Å². The number of tetrazole rings is 1. The summed E-state index contributed by atoms with van der Waals surface area (Å²) >= 11 is 1.22. The van der Waals surface area contributed by atoms with Crippen LogP contribution in [0.5, 0.6) is 0 Å². The first kappa shape index (κ1) is 20.1. The van der Waals surface area contributed by atoms with Crippen molar-refractivity contribution >= 4 is 23.4 Å². The first-order valence-corrected chi connectivity index (χ1v) is 10.1. The van der Waals surface area contributed by atoms with Crippen LogP contribution in [0.4, 0.5) is 5.69 Å². The van der Waals surface area contributed by atoms with Gasteiger partial charge in [-0.2, -0.15) is 10.5 Å². The molecule has 0 fully saturated rings. The smallest absolute Gasteiger partial charge is 0.255 e. The molecule has 2 aromatic carbocycles. The van der Waals surface area contributed by atoms with E-state index in [1.807, 2.05) is 18.2 Å². The van der Waals surface area contributed by atoms with Crippen molar-refractivity contribution in [3.63, 3.8) is 0 Å². The van der Waals surface area contributed by atoms with Gasteiger partial charge in [0.2, 0.25) is 5.56 Å². The van der Waals surface area contributed by atoms with Crippen molar-refractivity contribution in [1.29, 1.82) is 5.26 Å². The average Bonchev–Trinajstić information content (AvgIpc) is 3.32. The van der Waals surface area contributed by atoms with E-state index in [4.69, 9.17) is 0 Å². The van der Waals surface area contributed by atoms with E-state index in [1.165, 1.54) is 17.8 Å². The number of nitrogens with zero attached hydrogens (tertiary/aromatic N) is 4. The number of aromatic nitrogens is 5. The second-order valence-corrected chi connectivity index (χ2v) is 7.37. The number of aromatic amines is 2. The van der Waals surface area contributed by atoms with Crippen molar-refractivity contribution < 1.29 is 4.79 Å². The number of hydrogen-bond donors (Lipinski definition) is 3. The third-order valence-corrected chi connectivity index (χ3v) is 5.32. The second-order valence-electron chi connectivity index (χ2n) is 6.38. The summed E-state index contributed by atoms with van der Waals surface area (Å²) < 4.78 is 0. The minimum absolute atomic E-state index is 0.289. The van der Waals surface area contributed by atoms with Gasteiger partial charge in [-0.05, 0) is 29.8 Å². The molecule has 152 valence electrons. The number of carbonyl (C=O) groups is 1. The van der Waals surface area contributed by atoms with Gasteiger partial charge in [-0.3, -0.25) is 9.59 Å². The molecular weight excluding hydrogens is 414 g/mol. The van der Waals surface area contributed by atoms with E-state index in [9.17, 15) is 14.9 Å². The SMILES string of the molecule is N#Cc1c(-c2cccc(C(=O)Nc3ccccc3)c2)cc(=O)[nH]c1SCc1nn[nH]n1. The number of carbonyl (C=O) groups excluding carboxylic acids is 1. The Balaban J connectivity index is 1.66. The quantitative estimate of drug-likeness (QED) is 0.400. The summed E-state index contributed by atoms with van der Waals surface area (Å²) in [7, 11) is 0. The van der Waals surface area contributed by atoms with E-state index >= 15 is 0 Å². The summed E-state index contributed by atoms with van der Waals surface area (Å²) in [4.78, 5) is 27.6. The van der Waals surface area contributed by atoms with Crippen molar-refractivity contribution in [2.24, 2.45) is 0 Å². The van der Waals surface area contributed by atoms with Crippen LogP contribution >= 0.6 is 11.8 Å². The second kappa shape index (κ2) is 9.06. The zero-order valence-corrected chi connectivity index (χ0v) is 16.8. The molecule has 3 N–H and O–H groups in total. The van der Waals surface area contributed by atoms with Crippen LogP contribution in [0.3, 0.4) is 0 Å². The molecular formula is C21H15N7O2S. The molecule has 0 atom stereocenters. The molecule has 10 heteroatoms. The zero-order valence-electron chi connectivity index (χ0n) is 16.0. The Morgan fingerprint density at radius 3 is 2.71 bits per heavy atom. The Morgan fingerprint density at radius 2 is 1.97 bits per heavy atom. The van der Waals surface area contributed by atoms with E-state index in [0.717, 1.165) is 0 Å². The van der Waals surface area contributed by atoms with Gasteiger partial charge in [0.1, 0.15) is 6.07 Å². The van der Waals surface area contributed by atoms with Crippen LogP contribution in [0, 0.1) is 11.3 Å². The highest BCUT2D eigenvalue weighted by Crippen LogP contribution is 2.30. The summed E-state index contributed by atoms with van der Waals surface area (Å²) in [5, 5.41) is 26.6. The molecule has 0 aliphatic carbocycles. The van der Waals surface area contributed by atoms with E-state index < -0.39 is 0 Å². The van der Waals surface area contributed by atoms with Crippen LogP contribution < -0.4 is 10.9 Å². The number of rotatable bonds is 6. The molecule has 1 amide bonds. The van der Waals surface area contributed by atoms with Crippen molar-refractivity contribution in [2.75, 3.05) is 5.32 Å². The van der Waals surface area contributed by atoms with Crippen LogP contribution in [-0.4, -0.2) is 31.5 Å². The fourth-order valence-electron chi connectivity index (χ4n) is 2.92. The Bertz CT molecular complexity index is 1310. The van der Waals surface area contributed by atoms with Crippen LogP contribution in [-0.2, 0) is 5.75 Å². The molecule has 2 aromatic heterocycles. The molecule has 0 unspecified atom stereocenters. The van der Waals surface area contributed by atoms with Crippen molar-refractivity contribution in [1.82, 2.24) is 25.6 Å². The number of pyridine rings is 1. The van der Waals surface area contributed by atoms with Gasteiger partial charge < -0.3 is 10.3 Å². The normalized spacial score (nSPS) is 10.4. The number of para-hydroxylation sites is 1. The third kappa shape index (κ3) is 4.68. The van der Waals surface area contributed by atoms with Gasteiger partial charge in [0, 0.05) is 22.9 Å². The van der Waals surface area contributed by atoms with Crippen LogP contribution in [0.15, 0.2) is 70.5 Å². The highest BCUT2D eigenvalue weighted by atomic mass is 32.2. The summed E-state index contributed by atoms with van der Waals surface area (Å²) in [5.74, 6) is 0.479. The van der Waals surface area contributed by atoms with Gasteiger partial charge in [-0.1, -0.05) is 47.3 Å². The Labute approximate surface area is 180 Å². The number of amides is 1. The van der Waals surface area contributed by atoms with Gasteiger partial charge in [0.05, 0.1) is 16.3 Å². The lowest BCUT2D eigenvalue weighted by Gasteiger charge is -2.10. The summed E-state index contributed by atoms with van der Waals surface area (Å²) in [6.45, 7) is 0. The molecule has 4 aromatic rings. The minimum Gasteiger partial charge on any atom is -0.322 e. The third-order valence-electron chi connectivity index (χ3n) is 4.32. The lowest BCUT2D eigenvalue weighted by molar-refractivity contribution is 0.102. The highest BCUT2D eigenvalue weighted by molar-refractivity contribution is 7.98. The molecule has 0 spiro atoms. The van der Waals surface area contributed by atoms with Gasteiger partial charge in [-0.25, -0.2) is 0 Å². The first-order valence-electron chi connectivity index (χ1n) is 9.13. The lowest BCUT2D eigenvalue weighted by atomic mass is 10.00. The standard InChI is InChI=1S/C21H15N7O2S/c22-11-17-16(10-19(29)24-21(17)31-12-18-25-27-28-26-18)13-5-4-6-14(9-13)20(30)23-15-7-2-1-3-8-15/h1-10H,12H2,(H,23,30)(H,24,29)(H,25,26,27,28). The van der Waals surface area contributed by atoms with Crippen LogP contribution in [0.1, 0.15) is 21.7 Å². The number of benzene rings is 2. The fourth-order valence-corrected chi connectivity index (χ4v) is 3.78. The maximum Gasteiger partial charge on any atom is 0.255 e.